The van der Waals surface area contributed by atoms with Crippen molar-refractivity contribution in [2.75, 3.05) is 0 Å². The Morgan fingerprint density at radius 3 is 2.71 bits per heavy atom. The SMILES string of the molecule is NC1(c2ncc(C3CCCC3)[nH]2)CC1. The lowest BCUT2D eigenvalue weighted by atomic mass is 10.1. The fraction of sp³-hybridized carbons (Fsp3) is 0.727. The third-order valence-corrected chi connectivity index (χ3v) is 3.65. The number of nitrogens with one attached hydrogen (secondary N) is 1. The normalized spacial score (nSPS) is 25.5. The van der Waals surface area contributed by atoms with E-state index in [0.717, 1.165) is 24.6 Å². The first kappa shape index (κ1) is 8.48. The highest BCUT2D eigenvalue weighted by Crippen LogP contribution is 2.42. The molecule has 0 amide bonds. The number of aromatic nitrogens is 2. The molecule has 0 aliphatic heterocycles. The van der Waals surface area contributed by atoms with Crippen molar-refractivity contribution in [3.63, 3.8) is 0 Å². The summed E-state index contributed by atoms with van der Waals surface area (Å²) in [6.07, 6.45) is 9.55. The molecule has 3 rings (SSSR count). The highest BCUT2D eigenvalue weighted by Gasteiger charge is 2.43. The van der Waals surface area contributed by atoms with Gasteiger partial charge in [-0.3, -0.25) is 0 Å². The standard InChI is InChI=1S/C11H17N3/c12-11(5-6-11)10-13-7-9(14-10)8-3-1-2-4-8/h7-8H,1-6,12H2,(H,13,14). The lowest BCUT2D eigenvalue weighted by Gasteiger charge is -2.06. The van der Waals surface area contributed by atoms with E-state index >= 15 is 0 Å². The van der Waals surface area contributed by atoms with Crippen molar-refractivity contribution in [1.82, 2.24) is 9.97 Å². The van der Waals surface area contributed by atoms with Crippen molar-refractivity contribution in [1.29, 1.82) is 0 Å². The maximum Gasteiger partial charge on any atom is 0.126 e. The highest BCUT2D eigenvalue weighted by atomic mass is 15.0. The molecule has 0 atom stereocenters. The van der Waals surface area contributed by atoms with Crippen LogP contribution in [0.15, 0.2) is 6.20 Å². The Hall–Kier alpha value is -0.830. The van der Waals surface area contributed by atoms with E-state index in [1.54, 1.807) is 0 Å². The molecule has 2 fully saturated rings. The number of H-pyrrole nitrogens is 1. The van der Waals surface area contributed by atoms with E-state index < -0.39 is 0 Å². The second-order valence-electron chi connectivity index (χ2n) is 4.82. The molecule has 3 nitrogen and oxygen atoms in total. The van der Waals surface area contributed by atoms with Gasteiger partial charge in [-0.2, -0.15) is 0 Å². The predicted octanol–water partition coefficient (Wildman–Crippen LogP) is 2.02. The second kappa shape index (κ2) is 2.83. The van der Waals surface area contributed by atoms with Gasteiger partial charge in [0.2, 0.25) is 0 Å². The molecule has 1 aromatic rings. The zero-order valence-electron chi connectivity index (χ0n) is 8.42. The number of imidazole rings is 1. The number of rotatable bonds is 2. The van der Waals surface area contributed by atoms with Crippen LogP contribution in [0.2, 0.25) is 0 Å². The van der Waals surface area contributed by atoms with Crippen LogP contribution >= 0.6 is 0 Å². The van der Waals surface area contributed by atoms with Gasteiger partial charge in [0.05, 0.1) is 5.54 Å². The Morgan fingerprint density at radius 1 is 1.36 bits per heavy atom. The molecular weight excluding hydrogens is 174 g/mol. The van der Waals surface area contributed by atoms with Gasteiger partial charge in [0, 0.05) is 17.8 Å². The van der Waals surface area contributed by atoms with Crippen LogP contribution in [0.25, 0.3) is 0 Å². The Balaban J connectivity index is 1.82. The van der Waals surface area contributed by atoms with E-state index in [0.29, 0.717) is 0 Å². The molecular formula is C11H17N3. The van der Waals surface area contributed by atoms with E-state index in [2.05, 4.69) is 9.97 Å². The van der Waals surface area contributed by atoms with Crippen molar-refractivity contribution >= 4 is 0 Å². The topological polar surface area (TPSA) is 54.7 Å². The van der Waals surface area contributed by atoms with Gasteiger partial charge in [-0.15, -0.1) is 0 Å². The predicted molar refractivity (Wildman–Crippen MR) is 54.9 cm³/mol. The zero-order chi connectivity index (χ0) is 9.60. The summed E-state index contributed by atoms with van der Waals surface area (Å²) in [7, 11) is 0. The summed E-state index contributed by atoms with van der Waals surface area (Å²) in [5.74, 6) is 1.73. The minimum atomic E-state index is -0.100. The summed E-state index contributed by atoms with van der Waals surface area (Å²) in [5, 5.41) is 0. The van der Waals surface area contributed by atoms with Gasteiger partial charge < -0.3 is 10.7 Å². The Morgan fingerprint density at radius 2 is 2.07 bits per heavy atom. The first-order valence-corrected chi connectivity index (χ1v) is 5.62. The number of aromatic amines is 1. The Labute approximate surface area is 84.1 Å². The zero-order valence-corrected chi connectivity index (χ0v) is 8.42. The van der Waals surface area contributed by atoms with Crippen LogP contribution in [0, 0.1) is 0 Å². The monoisotopic (exact) mass is 191 g/mol. The molecule has 3 heteroatoms. The van der Waals surface area contributed by atoms with E-state index in [1.807, 2.05) is 6.20 Å². The quantitative estimate of drug-likeness (QED) is 0.751. The first-order valence-electron chi connectivity index (χ1n) is 5.62. The minimum Gasteiger partial charge on any atom is -0.344 e. The van der Waals surface area contributed by atoms with Crippen molar-refractivity contribution < 1.29 is 0 Å². The maximum atomic E-state index is 6.09. The lowest BCUT2D eigenvalue weighted by Crippen LogP contribution is -2.20. The van der Waals surface area contributed by atoms with Gasteiger partial charge in [0.1, 0.15) is 5.82 Å². The molecule has 14 heavy (non-hydrogen) atoms. The summed E-state index contributed by atoms with van der Waals surface area (Å²) >= 11 is 0. The molecule has 2 aliphatic carbocycles. The molecule has 0 unspecified atom stereocenters. The molecule has 3 N–H and O–H groups in total. The van der Waals surface area contributed by atoms with Gasteiger partial charge in [-0.05, 0) is 25.7 Å². The van der Waals surface area contributed by atoms with Crippen molar-refractivity contribution in [2.24, 2.45) is 5.73 Å². The number of hydrogen-bond acceptors (Lipinski definition) is 2. The van der Waals surface area contributed by atoms with Crippen molar-refractivity contribution in [2.45, 2.75) is 50.0 Å². The van der Waals surface area contributed by atoms with E-state index in [9.17, 15) is 0 Å². The minimum absolute atomic E-state index is 0.100. The van der Waals surface area contributed by atoms with Gasteiger partial charge in [0.15, 0.2) is 0 Å². The van der Waals surface area contributed by atoms with Gasteiger partial charge >= 0.3 is 0 Å². The molecule has 1 heterocycles. The summed E-state index contributed by atoms with van der Waals surface area (Å²) in [6.45, 7) is 0. The van der Waals surface area contributed by atoms with Crippen LogP contribution in [-0.4, -0.2) is 9.97 Å². The smallest absolute Gasteiger partial charge is 0.126 e. The van der Waals surface area contributed by atoms with E-state index in [4.69, 9.17) is 5.73 Å². The van der Waals surface area contributed by atoms with Gasteiger partial charge in [0.25, 0.3) is 0 Å². The number of hydrogen-bond donors (Lipinski definition) is 2. The average Bonchev–Trinajstić information content (AvgIpc) is 2.73. The van der Waals surface area contributed by atoms with Gasteiger partial charge in [-0.1, -0.05) is 12.8 Å². The van der Waals surface area contributed by atoms with Crippen LogP contribution in [0.4, 0.5) is 0 Å². The number of nitrogens with two attached hydrogens (primary N) is 1. The molecule has 76 valence electrons. The summed E-state index contributed by atoms with van der Waals surface area (Å²) in [4.78, 5) is 7.84. The maximum absolute atomic E-state index is 6.09. The third-order valence-electron chi connectivity index (χ3n) is 3.65. The molecule has 0 aromatic carbocycles. The van der Waals surface area contributed by atoms with Crippen molar-refractivity contribution in [3.05, 3.63) is 17.7 Å². The first-order chi connectivity index (χ1) is 6.78. The average molecular weight is 191 g/mol. The molecule has 0 radical (unpaired) electrons. The van der Waals surface area contributed by atoms with E-state index in [1.165, 1.54) is 31.4 Å². The van der Waals surface area contributed by atoms with Crippen LogP contribution in [-0.2, 0) is 5.54 Å². The van der Waals surface area contributed by atoms with Crippen LogP contribution in [0.1, 0.15) is 56.0 Å². The summed E-state index contributed by atoms with van der Waals surface area (Å²) in [5.41, 5.74) is 7.30. The van der Waals surface area contributed by atoms with E-state index in [-0.39, 0.29) is 5.54 Å². The highest BCUT2D eigenvalue weighted by molar-refractivity contribution is 5.19. The van der Waals surface area contributed by atoms with Gasteiger partial charge in [-0.25, -0.2) is 4.98 Å². The number of nitrogens with zero attached hydrogens (tertiary/aromatic N) is 1. The van der Waals surface area contributed by atoms with Crippen molar-refractivity contribution in [3.8, 4) is 0 Å². The van der Waals surface area contributed by atoms with Crippen LogP contribution in [0.3, 0.4) is 0 Å². The Bertz CT molecular complexity index is 332. The molecule has 0 saturated heterocycles. The fourth-order valence-electron chi connectivity index (χ4n) is 2.40. The third kappa shape index (κ3) is 1.27. The lowest BCUT2D eigenvalue weighted by molar-refractivity contribution is 0.662. The summed E-state index contributed by atoms with van der Waals surface area (Å²) in [6, 6.07) is 0. The molecule has 0 bridgehead atoms. The molecule has 0 spiro atoms. The second-order valence-corrected chi connectivity index (χ2v) is 4.82. The molecule has 2 aliphatic rings. The Kier molecular flexibility index (Phi) is 1.71. The molecule has 2 saturated carbocycles. The molecule has 1 aromatic heterocycles. The fourth-order valence-corrected chi connectivity index (χ4v) is 2.40. The van der Waals surface area contributed by atoms with Crippen LogP contribution in [0.5, 0.6) is 0 Å². The largest absolute Gasteiger partial charge is 0.344 e. The van der Waals surface area contributed by atoms with Crippen LogP contribution < -0.4 is 5.73 Å². The summed E-state index contributed by atoms with van der Waals surface area (Å²) < 4.78 is 0.